The van der Waals surface area contributed by atoms with E-state index in [1.165, 1.54) is 0 Å². The summed E-state index contributed by atoms with van der Waals surface area (Å²) in [7, 11) is 0. The molecule has 1 amide bonds. The molecular weight excluding hydrogens is 256 g/mol. The number of carbonyl (C=O) groups is 1. The zero-order valence-corrected chi connectivity index (χ0v) is 12.6. The van der Waals surface area contributed by atoms with Gasteiger partial charge in [0.15, 0.2) is 5.17 Å². The van der Waals surface area contributed by atoms with Crippen molar-refractivity contribution in [2.24, 2.45) is 10.9 Å². The van der Waals surface area contributed by atoms with Gasteiger partial charge in [0.1, 0.15) is 4.75 Å². The summed E-state index contributed by atoms with van der Waals surface area (Å²) in [6.07, 6.45) is 0. The van der Waals surface area contributed by atoms with Gasteiger partial charge >= 0.3 is 0 Å². The highest BCUT2D eigenvalue weighted by Gasteiger charge is 2.44. The minimum atomic E-state index is -0.407. The summed E-state index contributed by atoms with van der Waals surface area (Å²) in [5, 5.41) is 3.63. The van der Waals surface area contributed by atoms with E-state index >= 15 is 0 Å². The minimum absolute atomic E-state index is 0.0542. The van der Waals surface area contributed by atoms with Crippen molar-refractivity contribution in [1.82, 2.24) is 5.32 Å². The Morgan fingerprint density at radius 2 is 1.84 bits per heavy atom. The van der Waals surface area contributed by atoms with Crippen LogP contribution >= 0.6 is 11.8 Å². The molecule has 1 fully saturated rings. The topological polar surface area (TPSA) is 41.5 Å². The molecule has 0 spiro atoms. The molecule has 1 aromatic rings. The van der Waals surface area contributed by atoms with E-state index in [4.69, 9.17) is 0 Å². The first-order chi connectivity index (χ1) is 8.93. The molecule has 0 aliphatic carbocycles. The van der Waals surface area contributed by atoms with Gasteiger partial charge in [-0.1, -0.05) is 55.9 Å². The lowest BCUT2D eigenvalue weighted by Gasteiger charge is -2.22. The van der Waals surface area contributed by atoms with Gasteiger partial charge in [-0.3, -0.25) is 9.79 Å². The number of carbonyl (C=O) groups excluding carboxylic acids is 1. The van der Waals surface area contributed by atoms with Crippen molar-refractivity contribution in [3.05, 3.63) is 35.9 Å². The Hall–Kier alpha value is -1.29. The molecule has 19 heavy (non-hydrogen) atoms. The minimum Gasteiger partial charge on any atom is -0.304 e. The third-order valence-corrected chi connectivity index (χ3v) is 5.16. The molecule has 1 N–H and O–H groups in total. The van der Waals surface area contributed by atoms with Crippen LogP contribution in [-0.4, -0.2) is 15.8 Å². The van der Waals surface area contributed by atoms with E-state index in [1.807, 2.05) is 32.0 Å². The van der Waals surface area contributed by atoms with Crippen LogP contribution < -0.4 is 5.32 Å². The molecule has 1 aliphatic heterocycles. The van der Waals surface area contributed by atoms with Crippen molar-refractivity contribution in [1.29, 1.82) is 0 Å². The van der Waals surface area contributed by atoms with E-state index in [-0.39, 0.29) is 17.9 Å². The standard InChI is InChI=1S/C15H20N2OS/c1-10(2)15(4)13(18)17-14(19-15)16-11(3)12-8-6-5-7-9-12/h5-11H,1-4H3,(H,16,17,18)/t11-,15?/m1/s1. The maximum atomic E-state index is 12.1. The van der Waals surface area contributed by atoms with Gasteiger partial charge in [0.25, 0.3) is 0 Å². The monoisotopic (exact) mass is 276 g/mol. The summed E-state index contributed by atoms with van der Waals surface area (Å²) >= 11 is 1.54. The number of aliphatic imine (C=N–C) groups is 1. The van der Waals surface area contributed by atoms with Gasteiger partial charge in [-0.05, 0) is 25.3 Å². The second-order valence-corrected chi connectivity index (χ2v) is 6.78. The number of thioether (sulfide) groups is 1. The molecule has 4 heteroatoms. The molecule has 1 heterocycles. The Morgan fingerprint density at radius 1 is 1.21 bits per heavy atom. The third-order valence-electron chi connectivity index (χ3n) is 3.67. The van der Waals surface area contributed by atoms with Crippen molar-refractivity contribution in [2.75, 3.05) is 0 Å². The number of amidine groups is 1. The van der Waals surface area contributed by atoms with E-state index in [0.29, 0.717) is 0 Å². The summed E-state index contributed by atoms with van der Waals surface area (Å²) in [5.41, 5.74) is 1.16. The van der Waals surface area contributed by atoms with Crippen LogP contribution in [0.5, 0.6) is 0 Å². The van der Waals surface area contributed by atoms with Crippen LogP contribution in [0.4, 0.5) is 0 Å². The summed E-state index contributed by atoms with van der Waals surface area (Å²) in [6, 6.07) is 10.2. The molecule has 0 saturated carbocycles. The Kier molecular flexibility index (Phi) is 3.99. The molecule has 0 radical (unpaired) electrons. The number of hydrogen-bond acceptors (Lipinski definition) is 3. The Bertz CT molecular complexity index is 498. The maximum Gasteiger partial charge on any atom is 0.242 e. The fourth-order valence-corrected chi connectivity index (χ4v) is 3.05. The third kappa shape index (κ3) is 2.84. The van der Waals surface area contributed by atoms with E-state index in [9.17, 15) is 4.79 Å². The van der Waals surface area contributed by atoms with Gasteiger partial charge < -0.3 is 5.32 Å². The van der Waals surface area contributed by atoms with E-state index in [0.717, 1.165) is 10.7 Å². The van der Waals surface area contributed by atoms with Crippen LogP contribution in [0.3, 0.4) is 0 Å². The van der Waals surface area contributed by atoms with E-state index in [1.54, 1.807) is 11.8 Å². The van der Waals surface area contributed by atoms with E-state index in [2.05, 4.69) is 36.3 Å². The fourth-order valence-electron chi connectivity index (χ4n) is 1.91. The van der Waals surface area contributed by atoms with Crippen molar-refractivity contribution in [3.63, 3.8) is 0 Å². The molecule has 1 saturated heterocycles. The lowest BCUT2D eigenvalue weighted by molar-refractivity contribution is -0.122. The first kappa shape index (κ1) is 14.1. The van der Waals surface area contributed by atoms with Crippen LogP contribution in [0.1, 0.15) is 39.3 Å². The van der Waals surface area contributed by atoms with E-state index < -0.39 is 4.75 Å². The zero-order chi connectivity index (χ0) is 14.0. The molecule has 2 rings (SSSR count). The predicted molar refractivity (Wildman–Crippen MR) is 81.3 cm³/mol. The molecular formula is C15H20N2OS. The number of nitrogens with one attached hydrogen (secondary N) is 1. The lowest BCUT2D eigenvalue weighted by Crippen LogP contribution is -2.38. The van der Waals surface area contributed by atoms with Gasteiger partial charge in [0.05, 0.1) is 6.04 Å². The number of amides is 1. The van der Waals surface area contributed by atoms with Crippen LogP contribution in [0.2, 0.25) is 0 Å². The smallest absolute Gasteiger partial charge is 0.242 e. The van der Waals surface area contributed by atoms with Crippen molar-refractivity contribution in [3.8, 4) is 0 Å². The van der Waals surface area contributed by atoms with Crippen LogP contribution in [0, 0.1) is 5.92 Å². The molecule has 3 nitrogen and oxygen atoms in total. The molecule has 102 valence electrons. The first-order valence-corrected chi connectivity index (χ1v) is 7.38. The van der Waals surface area contributed by atoms with Crippen molar-refractivity contribution >= 4 is 22.8 Å². The Labute approximate surface area is 118 Å². The van der Waals surface area contributed by atoms with Gasteiger partial charge in [-0.2, -0.15) is 0 Å². The number of rotatable bonds is 3. The largest absolute Gasteiger partial charge is 0.304 e. The average Bonchev–Trinajstić information content (AvgIpc) is 2.67. The second kappa shape index (κ2) is 5.37. The molecule has 0 aromatic heterocycles. The highest BCUT2D eigenvalue weighted by Crippen LogP contribution is 2.38. The summed E-state index contributed by atoms with van der Waals surface area (Å²) in [5.74, 6) is 0.337. The highest BCUT2D eigenvalue weighted by molar-refractivity contribution is 8.16. The highest BCUT2D eigenvalue weighted by atomic mass is 32.2. The van der Waals surface area contributed by atoms with Crippen molar-refractivity contribution < 1.29 is 4.79 Å². The van der Waals surface area contributed by atoms with Gasteiger partial charge in [-0.15, -0.1) is 0 Å². The van der Waals surface area contributed by atoms with Crippen LogP contribution in [0.25, 0.3) is 0 Å². The summed E-state index contributed by atoms with van der Waals surface area (Å²) in [4.78, 5) is 16.7. The second-order valence-electron chi connectivity index (χ2n) is 5.34. The quantitative estimate of drug-likeness (QED) is 0.919. The van der Waals surface area contributed by atoms with Crippen molar-refractivity contribution in [2.45, 2.75) is 38.5 Å². The van der Waals surface area contributed by atoms with Crippen LogP contribution in [-0.2, 0) is 4.79 Å². The number of benzene rings is 1. The predicted octanol–water partition coefficient (Wildman–Crippen LogP) is 3.38. The molecule has 2 atom stereocenters. The molecule has 1 aromatic carbocycles. The average molecular weight is 276 g/mol. The number of nitrogens with zero attached hydrogens (tertiary/aromatic N) is 1. The zero-order valence-electron chi connectivity index (χ0n) is 11.8. The fraction of sp³-hybridized carbons (Fsp3) is 0.467. The van der Waals surface area contributed by atoms with Gasteiger partial charge in [0, 0.05) is 0 Å². The Balaban J connectivity index is 2.17. The first-order valence-electron chi connectivity index (χ1n) is 6.56. The van der Waals surface area contributed by atoms with Gasteiger partial charge in [0.2, 0.25) is 5.91 Å². The number of hydrogen-bond donors (Lipinski definition) is 1. The summed E-state index contributed by atoms with van der Waals surface area (Å²) < 4.78 is -0.407. The SMILES string of the molecule is CC(C)C1(C)SC(=N[C@H](C)c2ccccc2)NC1=O. The van der Waals surface area contributed by atoms with Crippen LogP contribution in [0.15, 0.2) is 35.3 Å². The maximum absolute atomic E-state index is 12.1. The van der Waals surface area contributed by atoms with Gasteiger partial charge in [-0.25, -0.2) is 0 Å². The molecule has 1 unspecified atom stereocenters. The normalized spacial score (nSPS) is 26.8. The molecule has 0 bridgehead atoms. The Morgan fingerprint density at radius 3 is 2.37 bits per heavy atom. The summed E-state index contributed by atoms with van der Waals surface area (Å²) in [6.45, 7) is 8.15. The lowest BCUT2D eigenvalue weighted by atomic mass is 9.96. The molecule has 1 aliphatic rings.